The molecule has 4 rings (SSSR count). The van der Waals surface area contributed by atoms with E-state index in [-0.39, 0.29) is 0 Å². The number of hydrogen-bond donors (Lipinski definition) is 0. The smallest absolute Gasteiger partial charge is 0.140 e. The maximum absolute atomic E-state index is 4.56. The van der Waals surface area contributed by atoms with Gasteiger partial charge >= 0.3 is 0 Å². The third kappa shape index (κ3) is 2.69. The van der Waals surface area contributed by atoms with E-state index in [0.29, 0.717) is 11.8 Å². The highest BCUT2D eigenvalue weighted by molar-refractivity contribution is 7.18. The third-order valence-electron chi connectivity index (χ3n) is 4.68. The zero-order valence-electron chi connectivity index (χ0n) is 14.4. The molecule has 0 atom stereocenters. The van der Waals surface area contributed by atoms with Crippen molar-refractivity contribution in [3.8, 4) is 0 Å². The van der Waals surface area contributed by atoms with E-state index in [1.165, 1.54) is 16.1 Å². The van der Waals surface area contributed by atoms with Crippen molar-refractivity contribution in [1.29, 1.82) is 0 Å². The van der Waals surface area contributed by atoms with Crippen molar-refractivity contribution in [3.63, 3.8) is 0 Å². The molecule has 1 fully saturated rings. The topological polar surface area (TPSA) is 46.8 Å². The molecule has 6 heteroatoms. The summed E-state index contributed by atoms with van der Waals surface area (Å²) in [5.74, 6) is 3.41. The van der Waals surface area contributed by atoms with Gasteiger partial charge in [0.05, 0.1) is 5.39 Å². The molecule has 0 radical (unpaired) electrons. The Labute approximate surface area is 146 Å². The minimum atomic E-state index is 0.468. The van der Waals surface area contributed by atoms with E-state index in [9.17, 15) is 0 Å². The minimum absolute atomic E-state index is 0.468. The highest BCUT2D eigenvalue weighted by Gasteiger charge is 2.30. The van der Waals surface area contributed by atoms with Gasteiger partial charge in [-0.1, -0.05) is 20.8 Å². The molecule has 0 spiro atoms. The molecule has 0 aliphatic carbocycles. The van der Waals surface area contributed by atoms with E-state index >= 15 is 0 Å². The summed E-state index contributed by atoms with van der Waals surface area (Å²) in [6.07, 6.45) is 6.78. The Morgan fingerprint density at radius 1 is 1.25 bits per heavy atom. The first kappa shape index (κ1) is 15.6. The van der Waals surface area contributed by atoms with Gasteiger partial charge in [-0.15, -0.1) is 11.3 Å². The standard InChI is InChI=1S/C18H23N5S/c1-4-14-7-15-17(20-11-21-18(15)24-14)23-9-13(10-23)8-22-6-5-19-16(22)12(2)3/h5-7,11-13H,4,8-10H2,1-3H3. The Kier molecular flexibility index (Phi) is 4.00. The number of thiophene rings is 1. The molecule has 24 heavy (non-hydrogen) atoms. The van der Waals surface area contributed by atoms with E-state index in [1.54, 1.807) is 17.7 Å². The molecular formula is C18H23N5S. The van der Waals surface area contributed by atoms with Crippen molar-refractivity contribution in [2.24, 2.45) is 5.92 Å². The second-order valence-electron chi connectivity index (χ2n) is 6.85. The number of aromatic nitrogens is 4. The monoisotopic (exact) mass is 341 g/mol. The molecule has 126 valence electrons. The van der Waals surface area contributed by atoms with Gasteiger partial charge in [-0.3, -0.25) is 0 Å². The largest absolute Gasteiger partial charge is 0.355 e. The van der Waals surface area contributed by atoms with Gasteiger partial charge in [-0.25, -0.2) is 15.0 Å². The molecule has 0 N–H and O–H groups in total. The highest BCUT2D eigenvalue weighted by atomic mass is 32.1. The number of imidazole rings is 1. The fourth-order valence-electron chi connectivity index (χ4n) is 3.43. The molecule has 1 aliphatic heterocycles. The summed E-state index contributed by atoms with van der Waals surface area (Å²) < 4.78 is 2.31. The van der Waals surface area contributed by atoms with Crippen molar-refractivity contribution in [2.45, 2.75) is 39.7 Å². The van der Waals surface area contributed by atoms with Crippen LogP contribution in [0.4, 0.5) is 5.82 Å². The van der Waals surface area contributed by atoms with Crippen LogP contribution in [0.2, 0.25) is 0 Å². The fourth-order valence-corrected chi connectivity index (χ4v) is 4.36. The first-order chi connectivity index (χ1) is 11.7. The zero-order valence-corrected chi connectivity index (χ0v) is 15.3. The summed E-state index contributed by atoms with van der Waals surface area (Å²) in [4.78, 5) is 18.3. The van der Waals surface area contributed by atoms with Crippen LogP contribution in [-0.4, -0.2) is 32.6 Å². The van der Waals surface area contributed by atoms with Crippen molar-refractivity contribution in [3.05, 3.63) is 35.5 Å². The van der Waals surface area contributed by atoms with Gasteiger partial charge in [-0.05, 0) is 12.5 Å². The number of anilines is 1. The Bertz CT molecular complexity index is 844. The van der Waals surface area contributed by atoms with Crippen molar-refractivity contribution in [1.82, 2.24) is 19.5 Å². The highest BCUT2D eigenvalue weighted by Crippen LogP contribution is 2.34. The summed E-state index contributed by atoms with van der Waals surface area (Å²) in [5, 5.41) is 1.21. The lowest BCUT2D eigenvalue weighted by Gasteiger charge is -2.40. The Hall–Kier alpha value is -1.95. The minimum Gasteiger partial charge on any atom is -0.355 e. The lowest BCUT2D eigenvalue weighted by atomic mass is 9.99. The maximum atomic E-state index is 4.56. The molecule has 4 heterocycles. The quantitative estimate of drug-likeness (QED) is 0.710. The lowest BCUT2D eigenvalue weighted by Crippen LogP contribution is -2.49. The number of rotatable bonds is 5. The lowest BCUT2D eigenvalue weighted by molar-refractivity contribution is 0.349. The number of hydrogen-bond acceptors (Lipinski definition) is 5. The van der Waals surface area contributed by atoms with E-state index < -0.39 is 0 Å². The van der Waals surface area contributed by atoms with Crippen LogP contribution >= 0.6 is 11.3 Å². The van der Waals surface area contributed by atoms with Gasteiger partial charge in [0.2, 0.25) is 0 Å². The van der Waals surface area contributed by atoms with Crippen LogP contribution in [0.25, 0.3) is 10.2 Å². The van der Waals surface area contributed by atoms with E-state index in [0.717, 1.165) is 36.7 Å². The van der Waals surface area contributed by atoms with Crippen LogP contribution < -0.4 is 4.90 Å². The Morgan fingerprint density at radius 3 is 2.83 bits per heavy atom. The maximum Gasteiger partial charge on any atom is 0.140 e. The predicted octanol–water partition coefficient (Wildman–Crippen LogP) is 3.71. The molecule has 5 nitrogen and oxygen atoms in total. The molecular weight excluding hydrogens is 318 g/mol. The zero-order chi connectivity index (χ0) is 16.7. The van der Waals surface area contributed by atoms with Gasteiger partial charge in [-0.2, -0.15) is 0 Å². The average molecular weight is 341 g/mol. The summed E-state index contributed by atoms with van der Waals surface area (Å²) in [6, 6.07) is 2.26. The molecule has 0 unspecified atom stereocenters. The number of fused-ring (bicyclic) bond motifs is 1. The van der Waals surface area contributed by atoms with Crippen LogP contribution in [0.3, 0.4) is 0 Å². The van der Waals surface area contributed by atoms with Crippen LogP contribution in [-0.2, 0) is 13.0 Å². The van der Waals surface area contributed by atoms with E-state index in [4.69, 9.17) is 0 Å². The predicted molar refractivity (Wildman–Crippen MR) is 98.8 cm³/mol. The summed E-state index contributed by atoms with van der Waals surface area (Å²) in [5.41, 5.74) is 0. The molecule has 0 amide bonds. The molecule has 3 aromatic heterocycles. The summed E-state index contributed by atoms with van der Waals surface area (Å²) in [6.45, 7) is 9.74. The van der Waals surface area contributed by atoms with Crippen molar-refractivity contribution >= 4 is 27.4 Å². The fraction of sp³-hybridized carbons (Fsp3) is 0.500. The van der Waals surface area contributed by atoms with Gasteiger partial charge in [0.1, 0.15) is 22.8 Å². The number of aryl methyl sites for hydroxylation is 1. The second kappa shape index (κ2) is 6.16. The molecule has 0 saturated carbocycles. The van der Waals surface area contributed by atoms with Crippen molar-refractivity contribution < 1.29 is 0 Å². The molecule has 1 saturated heterocycles. The average Bonchev–Trinajstić information content (AvgIpc) is 3.16. The van der Waals surface area contributed by atoms with Crippen LogP contribution in [0, 0.1) is 5.92 Å². The molecule has 0 aromatic carbocycles. The first-order valence-electron chi connectivity index (χ1n) is 8.65. The molecule has 0 bridgehead atoms. The van der Waals surface area contributed by atoms with Crippen LogP contribution in [0.1, 0.15) is 37.4 Å². The van der Waals surface area contributed by atoms with Gasteiger partial charge in [0.25, 0.3) is 0 Å². The summed E-state index contributed by atoms with van der Waals surface area (Å²) >= 11 is 1.78. The van der Waals surface area contributed by atoms with Gasteiger partial charge in [0, 0.05) is 48.7 Å². The first-order valence-corrected chi connectivity index (χ1v) is 9.46. The van der Waals surface area contributed by atoms with Gasteiger partial charge in [0.15, 0.2) is 0 Å². The Balaban J connectivity index is 1.48. The number of nitrogens with zero attached hydrogens (tertiary/aromatic N) is 5. The summed E-state index contributed by atoms with van der Waals surface area (Å²) in [7, 11) is 0. The molecule has 3 aromatic rings. The normalized spacial score (nSPS) is 15.4. The second-order valence-corrected chi connectivity index (χ2v) is 7.96. The van der Waals surface area contributed by atoms with E-state index in [2.05, 4.69) is 57.5 Å². The van der Waals surface area contributed by atoms with E-state index in [1.807, 2.05) is 6.20 Å². The van der Waals surface area contributed by atoms with Crippen LogP contribution in [0.15, 0.2) is 24.8 Å². The Morgan fingerprint density at radius 2 is 2.08 bits per heavy atom. The third-order valence-corrected chi connectivity index (χ3v) is 5.87. The van der Waals surface area contributed by atoms with Crippen molar-refractivity contribution in [2.75, 3.05) is 18.0 Å². The van der Waals surface area contributed by atoms with Crippen LogP contribution in [0.5, 0.6) is 0 Å². The SMILES string of the molecule is CCc1cc2c(N3CC(Cn4ccnc4C(C)C)C3)ncnc2s1. The van der Waals surface area contributed by atoms with Gasteiger partial charge < -0.3 is 9.47 Å². The molecule has 1 aliphatic rings.